The van der Waals surface area contributed by atoms with Crippen molar-refractivity contribution < 1.29 is 17.5 Å². The number of rotatable bonds is 4. The number of halogens is 1. The fraction of sp³-hybridized carbons (Fsp3) is 0.444. The Balaban J connectivity index is 1.44. The Morgan fingerprint density at radius 1 is 0.964 bits per heavy atom. The Kier molecular flexibility index (Phi) is 5.42. The third kappa shape index (κ3) is 3.94. The van der Waals surface area contributed by atoms with Crippen molar-refractivity contribution in [3.63, 3.8) is 0 Å². The number of hydrogen-bond acceptors (Lipinski definition) is 7. The van der Waals surface area contributed by atoms with Crippen LogP contribution >= 0.6 is 0 Å². The van der Waals surface area contributed by atoms with Crippen LogP contribution in [-0.4, -0.2) is 75.4 Å². The second-order valence-corrected chi connectivity index (χ2v) is 8.66. The third-order valence-electron chi connectivity index (χ3n) is 5.00. The molecular formula is C18H22FN5O3S. The van der Waals surface area contributed by atoms with Crippen LogP contribution in [0.5, 0.6) is 0 Å². The average molecular weight is 407 g/mol. The fourth-order valence-corrected chi connectivity index (χ4v) is 4.88. The van der Waals surface area contributed by atoms with Gasteiger partial charge < -0.3 is 14.5 Å². The van der Waals surface area contributed by atoms with Gasteiger partial charge in [-0.3, -0.25) is 0 Å². The summed E-state index contributed by atoms with van der Waals surface area (Å²) in [5.74, 6) is 0.244. The van der Waals surface area contributed by atoms with Gasteiger partial charge in [0, 0.05) is 45.3 Å². The van der Waals surface area contributed by atoms with Gasteiger partial charge in [0.1, 0.15) is 5.82 Å². The van der Waals surface area contributed by atoms with E-state index in [9.17, 15) is 12.8 Å². The molecule has 0 atom stereocenters. The molecule has 0 aliphatic carbocycles. The number of anilines is 2. The average Bonchev–Trinajstić information content (AvgIpc) is 2.74. The summed E-state index contributed by atoms with van der Waals surface area (Å²) < 4.78 is 45.7. The molecule has 1 aromatic heterocycles. The molecule has 0 N–H and O–H groups in total. The van der Waals surface area contributed by atoms with E-state index < -0.39 is 15.8 Å². The van der Waals surface area contributed by atoms with Gasteiger partial charge in [-0.1, -0.05) is 6.07 Å². The van der Waals surface area contributed by atoms with Gasteiger partial charge in [0.2, 0.25) is 10.0 Å². The molecule has 0 bridgehead atoms. The van der Waals surface area contributed by atoms with Crippen LogP contribution in [0, 0.1) is 5.82 Å². The first kappa shape index (κ1) is 19.0. The molecule has 2 aliphatic rings. The predicted octanol–water partition coefficient (Wildman–Crippen LogP) is 0.963. The van der Waals surface area contributed by atoms with Crippen molar-refractivity contribution in [3.8, 4) is 0 Å². The van der Waals surface area contributed by atoms with E-state index in [2.05, 4.69) is 20.0 Å². The Bertz CT molecular complexity index is 928. The maximum atomic E-state index is 13.4. The molecule has 2 saturated heterocycles. The van der Waals surface area contributed by atoms with Gasteiger partial charge in [-0.25, -0.2) is 12.8 Å². The smallest absolute Gasteiger partial charge is 0.243 e. The number of hydrogen-bond donors (Lipinski definition) is 0. The van der Waals surface area contributed by atoms with E-state index in [0.717, 1.165) is 30.7 Å². The Morgan fingerprint density at radius 2 is 1.71 bits per heavy atom. The Hall–Kier alpha value is -2.30. The van der Waals surface area contributed by atoms with Crippen molar-refractivity contribution in [1.82, 2.24) is 14.5 Å². The third-order valence-corrected chi connectivity index (χ3v) is 6.89. The molecule has 10 heteroatoms. The number of sulfonamides is 1. The van der Waals surface area contributed by atoms with E-state index >= 15 is 0 Å². The summed E-state index contributed by atoms with van der Waals surface area (Å²) in [6, 6.07) is 7.11. The molecule has 0 spiro atoms. The van der Waals surface area contributed by atoms with E-state index in [1.54, 1.807) is 6.20 Å². The minimum atomic E-state index is -3.70. The molecule has 3 heterocycles. The zero-order valence-electron chi connectivity index (χ0n) is 15.4. The minimum Gasteiger partial charge on any atom is -0.378 e. The highest BCUT2D eigenvalue weighted by molar-refractivity contribution is 7.89. The molecule has 0 saturated carbocycles. The topological polar surface area (TPSA) is 78.9 Å². The summed E-state index contributed by atoms with van der Waals surface area (Å²) in [6.45, 7) is 4.61. The van der Waals surface area contributed by atoms with Crippen molar-refractivity contribution in [1.29, 1.82) is 0 Å². The van der Waals surface area contributed by atoms with Crippen molar-refractivity contribution in [2.45, 2.75) is 4.90 Å². The lowest BCUT2D eigenvalue weighted by Gasteiger charge is -2.35. The number of morpholine rings is 1. The van der Waals surface area contributed by atoms with Crippen LogP contribution in [0.25, 0.3) is 0 Å². The second-order valence-electron chi connectivity index (χ2n) is 6.72. The summed E-state index contributed by atoms with van der Waals surface area (Å²) in [6.07, 6.45) is 1.70. The van der Waals surface area contributed by atoms with E-state index in [0.29, 0.717) is 39.4 Å². The lowest BCUT2D eigenvalue weighted by Crippen LogP contribution is -2.48. The summed E-state index contributed by atoms with van der Waals surface area (Å²) >= 11 is 0. The molecule has 2 fully saturated rings. The van der Waals surface area contributed by atoms with Crippen LogP contribution < -0.4 is 9.80 Å². The number of piperazine rings is 1. The van der Waals surface area contributed by atoms with Gasteiger partial charge in [-0.2, -0.15) is 9.40 Å². The molecular weight excluding hydrogens is 385 g/mol. The van der Waals surface area contributed by atoms with E-state index in [1.807, 2.05) is 6.07 Å². The summed E-state index contributed by atoms with van der Waals surface area (Å²) in [7, 11) is -3.70. The molecule has 1 aromatic carbocycles. The summed E-state index contributed by atoms with van der Waals surface area (Å²) in [4.78, 5) is 4.21. The van der Waals surface area contributed by atoms with Crippen LogP contribution in [0.3, 0.4) is 0 Å². The standard InChI is InChI=1S/C18H22FN5O3S/c19-15-2-1-3-17(12-15)28(25,26)24-6-4-22(5-7-24)16-13-18(21-20-14-16)23-8-10-27-11-9-23/h1-3,12-14H,4-11H2. The molecule has 0 unspecified atom stereocenters. The highest BCUT2D eigenvalue weighted by Crippen LogP contribution is 2.23. The zero-order valence-corrected chi connectivity index (χ0v) is 16.2. The maximum absolute atomic E-state index is 13.4. The van der Waals surface area contributed by atoms with E-state index in [-0.39, 0.29) is 4.90 Å². The molecule has 2 aliphatic heterocycles. The van der Waals surface area contributed by atoms with Crippen LogP contribution in [0.1, 0.15) is 0 Å². The first-order chi connectivity index (χ1) is 13.5. The first-order valence-electron chi connectivity index (χ1n) is 9.20. The van der Waals surface area contributed by atoms with Crippen LogP contribution in [-0.2, 0) is 14.8 Å². The molecule has 28 heavy (non-hydrogen) atoms. The highest BCUT2D eigenvalue weighted by Gasteiger charge is 2.29. The highest BCUT2D eigenvalue weighted by atomic mass is 32.2. The van der Waals surface area contributed by atoms with Crippen molar-refractivity contribution in [3.05, 3.63) is 42.3 Å². The summed E-state index contributed by atoms with van der Waals surface area (Å²) in [5.41, 5.74) is 0.916. The van der Waals surface area contributed by atoms with Gasteiger partial charge in [0.15, 0.2) is 5.82 Å². The van der Waals surface area contributed by atoms with Gasteiger partial charge in [0.05, 0.1) is 30.0 Å². The Labute approximate surface area is 163 Å². The molecule has 4 rings (SSSR count). The van der Waals surface area contributed by atoms with Crippen molar-refractivity contribution in [2.75, 3.05) is 62.3 Å². The zero-order chi connectivity index (χ0) is 19.6. The quantitative estimate of drug-likeness (QED) is 0.747. The lowest BCUT2D eigenvalue weighted by molar-refractivity contribution is 0.122. The number of aromatic nitrogens is 2. The lowest BCUT2D eigenvalue weighted by atomic mass is 10.3. The van der Waals surface area contributed by atoms with Gasteiger partial charge in [-0.05, 0) is 18.2 Å². The Morgan fingerprint density at radius 3 is 2.43 bits per heavy atom. The number of nitrogens with zero attached hydrogens (tertiary/aromatic N) is 5. The van der Waals surface area contributed by atoms with E-state index in [4.69, 9.17) is 4.74 Å². The number of ether oxygens (including phenoxy) is 1. The summed E-state index contributed by atoms with van der Waals surface area (Å²) in [5, 5.41) is 8.32. The monoisotopic (exact) mass is 407 g/mol. The molecule has 0 radical (unpaired) electrons. The normalized spacial score (nSPS) is 19.0. The minimum absolute atomic E-state index is 0.0128. The van der Waals surface area contributed by atoms with Crippen molar-refractivity contribution in [2.24, 2.45) is 0 Å². The van der Waals surface area contributed by atoms with Crippen LogP contribution in [0.15, 0.2) is 41.4 Å². The molecule has 0 amide bonds. The second kappa shape index (κ2) is 7.98. The van der Waals surface area contributed by atoms with Crippen LogP contribution in [0.2, 0.25) is 0 Å². The molecule has 8 nitrogen and oxygen atoms in total. The maximum Gasteiger partial charge on any atom is 0.243 e. The van der Waals surface area contributed by atoms with Crippen molar-refractivity contribution >= 4 is 21.5 Å². The SMILES string of the molecule is O=S(=O)(c1cccc(F)c1)N1CCN(c2cnnc(N3CCOCC3)c2)CC1. The van der Waals surface area contributed by atoms with E-state index in [1.165, 1.54) is 22.5 Å². The molecule has 150 valence electrons. The van der Waals surface area contributed by atoms with Gasteiger partial charge >= 0.3 is 0 Å². The fourth-order valence-electron chi connectivity index (χ4n) is 3.43. The van der Waals surface area contributed by atoms with Gasteiger partial charge in [-0.15, -0.1) is 5.10 Å². The van der Waals surface area contributed by atoms with Gasteiger partial charge in [0.25, 0.3) is 0 Å². The number of benzene rings is 1. The van der Waals surface area contributed by atoms with Crippen LogP contribution in [0.4, 0.5) is 15.9 Å². The molecule has 2 aromatic rings. The largest absolute Gasteiger partial charge is 0.378 e. The predicted molar refractivity (Wildman–Crippen MR) is 102 cm³/mol. The first-order valence-corrected chi connectivity index (χ1v) is 10.6.